The molecule has 1 unspecified atom stereocenters. The summed E-state index contributed by atoms with van der Waals surface area (Å²) in [5.74, 6) is 1.05. The third-order valence-electron chi connectivity index (χ3n) is 3.67. The van der Waals surface area contributed by atoms with Crippen LogP contribution in [-0.2, 0) is 18.4 Å². The van der Waals surface area contributed by atoms with Crippen molar-refractivity contribution in [3.05, 3.63) is 11.9 Å². The molecule has 2 rings (SSSR count). The molecule has 0 aromatic carbocycles. The zero-order valence-electron chi connectivity index (χ0n) is 12.2. The molecule has 19 heavy (non-hydrogen) atoms. The van der Waals surface area contributed by atoms with Crippen molar-refractivity contribution in [2.45, 2.75) is 25.9 Å². The second-order valence-corrected chi connectivity index (χ2v) is 5.29. The second kappa shape index (κ2) is 5.61. The maximum absolute atomic E-state index is 11.8. The summed E-state index contributed by atoms with van der Waals surface area (Å²) in [6, 6.07) is -0.0831. The van der Waals surface area contributed by atoms with Crippen LogP contribution < -0.4 is 10.2 Å². The van der Waals surface area contributed by atoms with Crippen molar-refractivity contribution in [2.24, 2.45) is 7.05 Å². The fourth-order valence-corrected chi connectivity index (χ4v) is 2.42. The van der Waals surface area contributed by atoms with Gasteiger partial charge in [-0.05, 0) is 13.3 Å². The van der Waals surface area contributed by atoms with Gasteiger partial charge in [-0.1, -0.05) is 0 Å². The van der Waals surface area contributed by atoms with Crippen LogP contribution in [0.25, 0.3) is 0 Å². The third-order valence-corrected chi connectivity index (χ3v) is 3.67. The van der Waals surface area contributed by atoms with Crippen LogP contribution in [-0.4, -0.2) is 53.6 Å². The van der Waals surface area contributed by atoms with Gasteiger partial charge in [-0.2, -0.15) is 0 Å². The molecule has 6 heteroatoms. The lowest BCUT2D eigenvalue weighted by atomic mass is 10.2. The van der Waals surface area contributed by atoms with E-state index in [-0.39, 0.29) is 11.9 Å². The van der Waals surface area contributed by atoms with Crippen LogP contribution in [0, 0.1) is 0 Å². The molecule has 0 spiro atoms. The lowest BCUT2D eigenvalue weighted by Crippen LogP contribution is -2.41. The molecule has 0 saturated carbocycles. The molecule has 1 N–H and O–H groups in total. The number of aromatic nitrogens is 2. The van der Waals surface area contributed by atoms with Gasteiger partial charge in [0, 0.05) is 40.8 Å². The number of hydrogen-bond acceptors (Lipinski definition) is 4. The van der Waals surface area contributed by atoms with Gasteiger partial charge in [-0.3, -0.25) is 9.69 Å². The normalized spacial score (nSPS) is 21.1. The molecule has 2 heterocycles. The molecule has 0 radical (unpaired) electrons. The molecule has 0 aliphatic carbocycles. The maximum atomic E-state index is 11.8. The van der Waals surface area contributed by atoms with E-state index < -0.39 is 0 Å². The zero-order chi connectivity index (χ0) is 14.0. The van der Waals surface area contributed by atoms with Crippen LogP contribution in [0.4, 0.5) is 5.95 Å². The molecule has 6 nitrogen and oxygen atoms in total. The Morgan fingerprint density at radius 3 is 2.89 bits per heavy atom. The molecule has 1 aromatic rings. The Kier molecular flexibility index (Phi) is 4.09. The number of nitrogens with one attached hydrogen (secondary N) is 1. The van der Waals surface area contributed by atoms with Crippen LogP contribution in [0.3, 0.4) is 0 Å². The van der Waals surface area contributed by atoms with E-state index in [2.05, 4.69) is 19.8 Å². The van der Waals surface area contributed by atoms with Crippen molar-refractivity contribution in [1.29, 1.82) is 0 Å². The predicted octanol–water partition coefficient (Wildman–Crippen LogP) is 0.196. The molecule has 1 amide bonds. The van der Waals surface area contributed by atoms with E-state index in [0.717, 1.165) is 37.7 Å². The maximum Gasteiger partial charge on any atom is 0.237 e. The highest BCUT2D eigenvalue weighted by Gasteiger charge is 2.24. The minimum absolute atomic E-state index is 0.0831. The van der Waals surface area contributed by atoms with Crippen LogP contribution in [0.5, 0.6) is 0 Å². The van der Waals surface area contributed by atoms with Crippen molar-refractivity contribution >= 4 is 11.9 Å². The van der Waals surface area contributed by atoms with E-state index in [1.165, 1.54) is 0 Å². The molecule has 1 saturated heterocycles. The predicted molar refractivity (Wildman–Crippen MR) is 75.0 cm³/mol. The Hall–Kier alpha value is -1.56. The van der Waals surface area contributed by atoms with Gasteiger partial charge in [0.2, 0.25) is 11.9 Å². The van der Waals surface area contributed by atoms with Crippen molar-refractivity contribution in [3.63, 3.8) is 0 Å². The first-order valence-electron chi connectivity index (χ1n) is 6.70. The summed E-state index contributed by atoms with van der Waals surface area (Å²) in [7, 11) is 5.97. The summed E-state index contributed by atoms with van der Waals surface area (Å²) < 4.78 is 2.08. The lowest BCUT2D eigenvalue weighted by molar-refractivity contribution is -0.125. The summed E-state index contributed by atoms with van der Waals surface area (Å²) >= 11 is 0. The van der Waals surface area contributed by atoms with Gasteiger partial charge in [0.25, 0.3) is 0 Å². The van der Waals surface area contributed by atoms with Gasteiger partial charge < -0.3 is 14.8 Å². The molecule has 1 aromatic heterocycles. The highest BCUT2D eigenvalue weighted by atomic mass is 16.2. The summed E-state index contributed by atoms with van der Waals surface area (Å²) in [5, 5.41) is 2.94. The molecular weight excluding hydrogens is 242 g/mol. The van der Waals surface area contributed by atoms with E-state index in [4.69, 9.17) is 0 Å². The summed E-state index contributed by atoms with van der Waals surface area (Å²) in [5.41, 5.74) is 1.13. The van der Waals surface area contributed by atoms with Gasteiger partial charge in [0.1, 0.15) is 0 Å². The quantitative estimate of drug-likeness (QED) is 0.848. The standard InChI is InChI=1S/C13H23N5O/c1-10-12(19)14-6-5-7-18(10)9-11-8-15-13(16(2)3)17(11)4/h8,10H,5-7,9H2,1-4H3,(H,14,19). The number of carbonyl (C=O) groups is 1. The molecule has 1 fully saturated rings. The van der Waals surface area contributed by atoms with Crippen molar-refractivity contribution in [3.8, 4) is 0 Å². The summed E-state index contributed by atoms with van der Waals surface area (Å²) in [6.07, 6.45) is 2.89. The molecule has 1 aliphatic rings. The second-order valence-electron chi connectivity index (χ2n) is 5.29. The van der Waals surface area contributed by atoms with E-state index in [1.54, 1.807) is 0 Å². The minimum Gasteiger partial charge on any atom is -0.355 e. The molecule has 1 aliphatic heterocycles. The van der Waals surface area contributed by atoms with Gasteiger partial charge in [-0.15, -0.1) is 0 Å². The Bertz CT molecular complexity index is 454. The average Bonchev–Trinajstić information content (AvgIpc) is 2.65. The Morgan fingerprint density at radius 2 is 2.26 bits per heavy atom. The zero-order valence-corrected chi connectivity index (χ0v) is 12.2. The topological polar surface area (TPSA) is 53.4 Å². The number of amides is 1. The highest BCUT2D eigenvalue weighted by Crippen LogP contribution is 2.15. The van der Waals surface area contributed by atoms with E-state index in [9.17, 15) is 4.79 Å². The number of anilines is 1. The first kappa shape index (κ1) is 13.9. The number of hydrogen-bond donors (Lipinski definition) is 1. The first-order chi connectivity index (χ1) is 9.00. The van der Waals surface area contributed by atoms with Crippen LogP contribution in [0.1, 0.15) is 19.0 Å². The Morgan fingerprint density at radius 1 is 1.53 bits per heavy atom. The largest absolute Gasteiger partial charge is 0.355 e. The van der Waals surface area contributed by atoms with Crippen LogP contribution >= 0.6 is 0 Å². The summed E-state index contributed by atoms with van der Waals surface area (Å²) in [4.78, 5) is 20.4. The fraction of sp³-hybridized carbons (Fsp3) is 0.692. The highest BCUT2D eigenvalue weighted by molar-refractivity contribution is 5.81. The van der Waals surface area contributed by atoms with Crippen molar-refractivity contribution < 1.29 is 4.79 Å². The smallest absolute Gasteiger partial charge is 0.237 e. The minimum atomic E-state index is -0.0831. The first-order valence-corrected chi connectivity index (χ1v) is 6.70. The molecule has 106 valence electrons. The third kappa shape index (κ3) is 2.89. The van der Waals surface area contributed by atoms with Crippen molar-refractivity contribution in [1.82, 2.24) is 19.8 Å². The van der Waals surface area contributed by atoms with Gasteiger partial charge in [0.15, 0.2) is 0 Å². The SMILES string of the molecule is CC1C(=O)NCCCN1Cc1cnc(N(C)C)n1C. The number of carbonyl (C=O) groups excluding carboxylic acids is 1. The molecule has 1 atom stereocenters. The van der Waals surface area contributed by atoms with Crippen LogP contribution in [0.15, 0.2) is 6.20 Å². The molecule has 0 bridgehead atoms. The van der Waals surface area contributed by atoms with Crippen LogP contribution in [0.2, 0.25) is 0 Å². The Balaban J connectivity index is 2.13. The average molecular weight is 265 g/mol. The van der Waals surface area contributed by atoms with E-state index in [1.807, 2.05) is 39.2 Å². The monoisotopic (exact) mass is 265 g/mol. The van der Waals surface area contributed by atoms with Gasteiger partial charge in [0.05, 0.1) is 17.9 Å². The molecular formula is C13H23N5O. The summed E-state index contributed by atoms with van der Waals surface area (Å²) in [6.45, 7) is 4.42. The fourth-order valence-electron chi connectivity index (χ4n) is 2.42. The van der Waals surface area contributed by atoms with Gasteiger partial charge >= 0.3 is 0 Å². The number of nitrogens with zero attached hydrogens (tertiary/aromatic N) is 4. The number of imidazole rings is 1. The Labute approximate surface area is 114 Å². The van der Waals surface area contributed by atoms with Crippen molar-refractivity contribution in [2.75, 3.05) is 32.1 Å². The number of rotatable bonds is 3. The van der Waals surface area contributed by atoms with Gasteiger partial charge in [-0.25, -0.2) is 4.98 Å². The lowest BCUT2D eigenvalue weighted by Gasteiger charge is -2.25. The van der Waals surface area contributed by atoms with E-state index in [0.29, 0.717) is 0 Å². The van der Waals surface area contributed by atoms with E-state index >= 15 is 0 Å².